The van der Waals surface area contributed by atoms with E-state index in [1.165, 1.54) is 24.4 Å². The molecule has 1 heterocycles. The fourth-order valence-electron chi connectivity index (χ4n) is 2.34. The first kappa shape index (κ1) is 18.8. The first-order chi connectivity index (χ1) is 12.8. The van der Waals surface area contributed by atoms with Crippen LogP contribution in [0.1, 0.15) is 11.1 Å². The number of aromatic nitrogens is 1. The Morgan fingerprint density at radius 3 is 2.37 bits per heavy atom. The lowest BCUT2D eigenvalue weighted by Gasteiger charge is -2.13. The van der Waals surface area contributed by atoms with E-state index >= 15 is 0 Å². The third-order valence-electron chi connectivity index (χ3n) is 3.65. The van der Waals surface area contributed by atoms with E-state index in [-0.39, 0.29) is 28.6 Å². The van der Waals surface area contributed by atoms with Gasteiger partial charge in [0.25, 0.3) is 10.0 Å². The molecule has 8 heteroatoms. The van der Waals surface area contributed by atoms with Crippen molar-refractivity contribution in [1.29, 1.82) is 0 Å². The molecule has 0 unspecified atom stereocenters. The van der Waals surface area contributed by atoms with Crippen LogP contribution in [-0.4, -0.2) is 13.4 Å². The highest BCUT2D eigenvalue weighted by Gasteiger charge is 2.17. The second kappa shape index (κ2) is 7.71. The average Bonchev–Trinajstić information content (AvgIpc) is 2.60. The molecule has 1 aromatic heterocycles. The van der Waals surface area contributed by atoms with Gasteiger partial charge in [0.1, 0.15) is 18.2 Å². The van der Waals surface area contributed by atoms with E-state index in [2.05, 4.69) is 9.71 Å². The summed E-state index contributed by atoms with van der Waals surface area (Å²) in [6.07, 6.45) is 1.40. The smallest absolute Gasteiger partial charge is 0.263 e. The minimum absolute atomic E-state index is 0.0186. The molecular weight excluding hydrogens is 374 g/mol. The van der Waals surface area contributed by atoms with Crippen LogP contribution in [0.5, 0.6) is 5.75 Å². The van der Waals surface area contributed by atoms with Crippen LogP contribution in [0, 0.1) is 18.6 Å². The van der Waals surface area contributed by atoms with Gasteiger partial charge in [-0.15, -0.1) is 0 Å². The molecule has 0 aliphatic rings. The van der Waals surface area contributed by atoms with Crippen LogP contribution in [0.3, 0.4) is 0 Å². The van der Waals surface area contributed by atoms with Gasteiger partial charge in [0.15, 0.2) is 11.6 Å². The van der Waals surface area contributed by atoms with Crippen LogP contribution >= 0.6 is 0 Å². The molecule has 0 fully saturated rings. The molecule has 27 heavy (non-hydrogen) atoms. The molecule has 140 valence electrons. The predicted molar refractivity (Wildman–Crippen MR) is 96.9 cm³/mol. The number of nitrogens with zero attached hydrogens (tertiary/aromatic N) is 1. The van der Waals surface area contributed by atoms with Crippen LogP contribution < -0.4 is 9.46 Å². The zero-order chi connectivity index (χ0) is 19.4. The summed E-state index contributed by atoms with van der Waals surface area (Å²) in [7, 11) is -3.86. The van der Waals surface area contributed by atoms with Crippen LogP contribution in [0.25, 0.3) is 0 Å². The van der Waals surface area contributed by atoms with E-state index in [9.17, 15) is 17.2 Å². The van der Waals surface area contributed by atoms with Crippen molar-refractivity contribution in [2.75, 3.05) is 4.72 Å². The van der Waals surface area contributed by atoms with E-state index in [4.69, 9.17) is 4.74 Å². The van der Waals surface area contributed by atoms with Gasteiger partial charge in [-0.25, -0.2) is 22.2 Å². The number of halogens is 2. The maximum absolute atomic E-state index is 13.3. The molecule has 0 spiro atoms. The molecule has 5 nitrogen and oxygen atoms in total. The molecule has 0 amide bonds. The van der Waals surface area contributed by atoms with Gasteiger partial charge in [-0.3, -0.25) is 4.72 Å². The topological polar surface area (TPSA) is 68.3 Å². The van der Waals surface area contributed by atoms with Gasteiger partial charge in [-0.2, -0.15) is 0 Å². The van der Waals surface area contributed by atoms with Gasteiger partial charge >= 0.3 is 0 Å². The SMILES string of the molecule is Cc1ccc(S(=O)(=O)Nc2ncccc2OCc2cc(F)cc(F)c2)cc1. The number of rotatable bonds is 6. The standard InChI is InChI=1S/C19H16F2N2O3S/c1-13-4-6-17(7-5-13)27(24,25)23-19-18(3-2-8-22-19)26-12-14-9-15(20)11-16(21)10-14/h2-11H,12H2,1H3,(H,22,23). The fourth-order valence-corrected chi connectivity index (χ4v) is 3.36. The Bertz CT molecular complexity index is 1030. The lowest BCUT2D eigenvalue weighted by atomic mass is 10.2. The molecule has 0 saturated heterocycles. The predicted octanol–water partition coefficient (Wildman–Crippen LogP) is 4.05. The highest BCUT2D eigenvalue weighted by atomic mass is 32.2. The Morgan fingerprint density at radius 2 is 1.70 bits per heavy atom. The molecule has 0 saturated carbocycles. The van der Waals surface area contributed by atoms with E-state index in [1.807, 2.05) is 6.92 Å². The van der Waals surface area contributed by atoms with Crippen molar-refractivity contribution in [3.63, 3.8) is 0 Å². The molecule has 0 atom stereocenters. The van der Waals surface area contributed by atoms with Crippen LogP contribution in [0.4, 0.5) is 14.6 Å². The van der Waals surface area contributed by atoms with Crippen molar-refractivity contribution < 1.29 is 21.9 Å². The van der Waals surface area contributed by atoms with Crippen LogP contribution in [0.15, 0.2) is 65.7 Å². The van der Waals surface area contributed by atoms with Gasteiger partial charge in [0, 0.05) is 12.3 Å². The fraction of sp³-hybridized carbons (Fsp3) is 0.105. The molecule has 2 aromatic carbocycles. The largest absolute Gasteiger partial charge is 0.485 e. The summed E-state index contributed by atoms with van der Waals surface area (Å²) in [6.45, 7) is 1.70. The summed E-state index contributed by atoms with van der Waals surface area (Å²) < 4.78 is 59.5. The van der Waals surface area contributed by atoms with E-state index in [1.54, 1.807) is 18.2 Å². The zero-order valence-corrected chi connectivity index (χ0v) is 15.1. The third kappa shape index (κ3) is 4.79. The molecule has 3 rings (SSSR count). The van der Waals surface area contributed by atoms with E-state index < -0.39 is 21.7 Å². The van der Waals surface area contributed by atoms with Crippen LogP contribution in [0.2, 0.25) is 0 Å². The van der Waals surface area contributed by atoms with Crippen molar-refractivity contribution >= 4 is 15.8 Å². The summed E-state index contributed by atoms with van der Waals surface area (Å²) in [5.41, 5.74) is 1.20. The minimum Gasteiger partial charge on any atom is -0.485 e. The number of aryl methyl sites for hydroxylation is 1. The summed E-state index contributed by atoms with van der Waals surface area (Å²) in [5.74, 6) is -1.33. The van der Waals surface area contributed by atoms with Crippen molar-refractivity contribution in [3.8, 4) is 5.75 Å². The number of ether oxygens (including phenoxy) is 1. The summed E-state index contributed by atoms with van der Waals surface area (Å²) in [5, 5.41) is 0. The van der Waals surface area contributed by atoms with Crippen molar-refractivity contribution in [1.82, 2.24) is 4.98 Å². The second-order valence-electron chi connectivity index (χ2n) is 5.84. The third-order valence-corrected chi connectivity index (χ3v) is 5.00. The normalized spacial score (nSPS) is 11.2. The maximum Gasteiger partial charge on any atom is 0.263 e. The van der Waals surface area contributed by atoms with Crippen molar-refractivity contribution in [2.24, 2.45) is 0 Å². The average molecular weight is 390 g/mol. The van der Waals surface area contributed by atoms with Crippen molar-refractivity contribution in [2.45, 2.75) is 18.4 Å². The van der Waals surface area contributed by atoms with Gasteiger partial charge in [0.2, 0.25) is 0 Å². The molecule has 3 aromatic rings. The number of hydrogen-bond acceptors (Lipinski definition) is 4. The molecule has 0 aliphatic carbocycles. The highest BCUT2D eigenvalue weighted by molar-refractivity contribution is 7.92. The van der Waals surface area contributed by atoms with E-state index in [0.717, 1.165) is 23.8 Å². The van der Waals surface area contributed by atoms with Gasteiger partial charge in [-0.05, 0) is 48.9 Å². The Hall–Kier alpha value is -3.00. The summed E-state index contributed by atoms with van der Waals surface area (Å²) >= 11 is 0. The van der Waals surface area contributed by atoms with Gasteiger partial charge in [0.05, 0.1) is 4.90 Å². The Labute approximate surface area is 155 Å². The van der Waals surface area contributed by atoms with Gasteiger partial charge < -0.3 is 4.74 Å². The van der Waals surface area contributed by atoms with Crippen LogP contribution in [-0.2, 0) is 16.6 Å². The maximum atomic E-state index is 13.3. The number of hydrogen-bond donors (Lipinski definition) is 1. The number of benzene rings is 2. The first-order valence-electron chi connectivity index (χ1n) is 7.96. The highest BCUT2D eigenvalue weighted by Crippen LogP contribution is 2.25. The lowest BCUT2D eigenvalue weighted by Crippen LogP contribution is -2.15. The molecule has 1 N–H and O–H groups in total. The minimum atomic E-state index is -3.86. The second-order valence-corrected chi connectivity index (χ2v) is 7.52. The lowest BCUT2D eigenvalue weighted by molar-refractivity contribution is 0.305. The zero-order valence-electron chi connectivity index (χ0n) is 14.3. The number of nitrogens with one attached hydrogen (secondary N) is 1. The Balaban J connectivity index is 1.80. The summed E-state index contributed by atoms with van der Waals surface area (Å²) in [6, 6.07) is 12.4. The monoisotopic (exact) mass is 390 g/mol. The van der Waals surface area contributed by atoms with Gasteiger partial charge in [-0.1, -0.05) is 17.7 Å². The number of anilines is 1. The molecule has 0 aliphatic heterocycles. The van der Waals surface area contributed by atoms with E-state index in [0.29, 0.717) is 0 Å². The Kier molecular flexibility index (Phi) is 5.36. The quantitative estimate of drug-likeness (QED) is 0.690. The molecule has 0 bridgehead atoms. The first-order valence-corrected chi connectivity index (χ1v) is 9.44. The molecule has 0 radical (unpaired) electrons. The summed E-state index contributed by atoms with van der Waals surface area (Å²) in [4.78, 5) is 4.07. The Morgan fingerprint density at radius 1 is 1.04 bits per heavy atom. The van der Waals surface area contributed by atoms with Crippen molar-refractivity contribution in [3.05, 3.63) is 83.6 Å². The number of sulfonamides is 1. The number of pyridine rings is 1. The molecular formula is C19H16F2N2O3S.